The molecule has 1 radical (unpaired) electrons. The van der Waals surface area contributed by atoms with Crippen LogP contribution in [0.5, 0.6) is 11.5 Å². The van der Waals surface area contributed by atoms with E-state index in [-0.39, 0.29) is 29.5 Å². The summed E-state index contributed by atoms with van der Waals surface area (Å²) >= 11 is -1.01. The third-order valence-corrected chi connectivity index (χ3v) is 13.8. The molecule has 0 aliphatic carbocycles. The van der Waals surface area contributed by atoms with E-state index in [4.69, 9.17) is 15.2 Å². The van der Waals surface area contributed by atoms with E-state index < -0.39 is 70.0 Å². The molecular formula is C36H40AsN4O9S. The third kappa shape index (κ3) is 7.81. The number of aliphatic carboxylic acids is 1. The van der Waals surface area contributed by atoms with Crippen LogP contribution < -0.4 is 19.6 Å². The van der Waals surface area contributed by atoms with Crippen LogP contribution in [0, 0.1) is 16.0 Å². The predicted octanol–water partition coefficient (Wildman–Crippen LogP) is 4.84. The number of carbonyl (C=O) groups excluding carboxylic acids is 1. The molecule has 1 saturated heterocycles. The maximum absolute atomic E-state index is 15.0. The van der Waals surface area contributed by atoms with Gasteiger partial charge in [0.05, 0.1) is 0 Å². The summed E-state index contributed by atoms with van der Waals surface area (Å²) in [7, 11) is -4.05. The minimum absolute atomic E-state index is 0.00523. The number of hydrogen-bond donors (Lipinski definition) is 2. The van der Waals surface area contributed by atoms with Gasteiger partial charge >= 0.3 is 304 Å². The van der Waals surface area contributed by atoms with Crippen LogP contribution in [0.4, 0.5) is 11.5 Å². The summed E-state index contributed by atoms with van der Waals surface area (Å²) in [6, 6.07) is 14.8. The van der Waals surface area contributed by atoms with E-state index in [1.165, 1.54) is 18.7 Å². The number of ether oxygens (including phenoxy) is 2. The first-order valence-electron chi connectivity index (χ1n) is 16.5. The van der Waals surface area contributed by atoms with Crippen LogP contribution in [0.1, 0.15) is 62.9 Å². The number of nitrogens with two attached hydrogens (primary N) is 1. The van der Waals surface area contributed by atoms with Crippen LogP contribution in [0.25, 0.3) is 10.8 Å². The fourth-order valence-corrected chi connectivity index (χ4v) is 10.1. The van der Waals surface area contributed by atoms with Crippen molar-refractivity contribution >= 4 is 64.1 Å². The Bertz CT molecular complexity index is 2090. The van der Waals surface area contributed by atoms with Gasteiger partial charge in [0.2, 0.25) is 0 Å². The van der Waals surface area contributed by atoms with Crippen molar-refractivity contribution in [3.8, 4) is 11.5 Å². The second-order valence-electron chi connectivity index (χ2n) is 12.7. The van der Waals surface area contributed by atoms with Gasteiger partial charge in [-0.1, -0.05) is 0 Å². The number of benzene rings is 3. The number of fused-ring (bicyclic) bond motifs is 1. The van der Waals surface area contributed by atoms with Crippen molar-refractivity contribution in [3.05, 3.63) is 88.1 Å². The number of amides is 1. The Morgan fingerprint density at radius 2 is 1.82 bits per heavy atom. The molecule has 0 bridgehead atoms. The minimum atomic E-state index is -4.05. The summed E-state index contributed by atoms with van der Waals surface area (Å²) in [6.45, 7) is 8.88. The Labute approximate surface area is 302 Å². The molecule has 269 valence electrons. The molecule has 2 heterocycles. The van der Waals surface area contributed by atoms with Crippen LogP contribution in [0.2, 0.25) is 0 Å². The molecule has 1 fully saturated rings. The van der Waals surface area contributed by atoms with Crippen LogP contribution in [0.3, 0.4) is 0 Å². The summed E-state index contributed by atoms with van der Waals surface area (Å²) in [5.41, 5.74) is 6.20. The quantitative estimate of drug-likeness (QED) is 0.107. The van der Waals surface area contributed by atoms with Gasteiger partial charge in [0.15, 0.2) is 0 Å². The van der Waals surface area contributed by atoms with E-state index in [0.29, 0.717) is 29.5 Å². The number of pyridine rings is 1. The van der Waals surface area contributed by atoms with Crippen molar-refractivity contribution in [2.24, 2.45) is 5.92 Å². The number of nitrogen functional groups attached to an aromatic ring is 1. The fourth-order valence-electron chi connectivity index (χ4n) is 6.24. The molecule has 1 amide bonds. The van der Waals surface area contributed by atoms with E-state index >= 15 is 4.79 Å². The molecule has 13 nitrogen and oxygen atoms in total. The van der Waals surface area contributed by atoms with Gasteiger partial charge in [-0.25, -0.2) is 0 Å². The Balaban J connectivity index is 1.69. The molecule has 1 aromatic heterocycles. The number of nitro groups is 1. The van der Waals surface area contributed by atoms with E-state index in [0.717, 1.165) is 33.3 Å². The van der Waals surface area contributed by atoms with Crippen LogP contribution in [0.15, 0.2) is 71.8 Å². The average Bonchev–Trinajstić information content (AvgIpc) is 3.53. The molecular weight excluding hydrogens is 739 g/mol. The SMILES string of the molecule is CCOc1cc(C([As]c2ccc3c(N)nccc3c2)C(=O)N2CCC(C(=O)O)C2c2cc([N+](=O)[O-])ccc2S(=O)(=O)C(C)C)ccc1OC(C)C. The second kappa shape index (κ2) is 15.3. The summed E-state index contributed by atoms with van der Waals surface area (Å²) in [5, 5.41) is 23.0. The van der Waals surface area contributed by atoms with Crippen molar-refractivity contribution in [1.82, 2.24) is 9.88 Å². The number of carbonyl (C=O) groups is 2. The van der Waals surface area contributed by atoms with Crippen molar-refractivity contribution in [1.29, 1.82) is 0 Å². The molecule has 1 aliphatic rings. The number of likely N-dealkylation sites (tertiary alicyclic amines) is 1. The number of non-ortho nitro benzene ring substituents is 1. The summed E-state index contributed by atoms with van der Waals surface area (Å²) in [4.78, 5) is 44.3. The van der Waals surface area contributed by atoms with Gasteiger partial charge in [-0.05, 0) is 0 Å². The Kier molecular flexibility index (Phi) is 11.3. The number of carboxylic acids is 1. The molecule has 0 spiro atoms. The zero-order chi connectivity index (χ0) is 37.2. The van der Waals surface area contributed by atoms with Gasteiger partial charge < -0.3 is 0 Å². The number of sulfone groups is 1. The first-order valence-corrected chi connectivity index (χ1v) is 20.0. The van der Waals surface area contributed by atoms with Crippen molar-refractivity contribution in [2.45, 2.75) is 68.0 Å². The van der Waals surface area contributed by atoms with Crippen molar-refractivity contribution in [3.63, 3.8) is 0 Å². The molecule has 1 aliphatic heterocycles. The van der Waals surface area contributed by atoms with Gasteiger partial charge in [0.25, 0.3) is 0 Å². The normalized spacial score (nSPS) is 17.0. The monoisotopic (exact) mass is 779 g/mol. The van der Waals surface area contributed by atoms with E-state index in [1.54, 1.807) is 24.4 Å². The van der Waals surface area contributed by atoms with Gasteiger partial charge in [-0.3, -0.25) is 0 Å². The molecule has 0 saturated carbocycles. The topological polar surface area (TPSA) is 192 Å². The Hall–Kier alpha value is -4.68. The Morgan fingerprint density at radius 1 is 1.08 bits per heavy atom. The van der Waals surface area contributed by atoms with E-state index in [1.807, 2.05) is 45.0 Å². The van der Waals surface area contributed by atoms with Crippen LogP contribution >= 0.6 is 0 Å². The first-order chi connectivity index (χ1) is 24.1. The standard InChI is InChI=1S/C36H40AsN4O9S/c1-6-49-30-18-23(7-11-29(30)50-20(2)3)32(37-24-8-10-26-22(17-24)13-15-39-34(26)38)35(42)40-16-14-27(36(43)44)33(40)28-19-25(41(45)46)9-12-31(28)51(47,48)21(4)5/h7-13,15,17-21,27,32-33H,6,14,16H2,1-5H3,(H2,38,39)(H,43,44). The van der Waals surface area contributed by atoms with Crippen molar-refractivity contribution in [2.75, 3.05) is 18.9 Å². The third-order valence-electron chi connectivity index (χ3n) is 8.69. The molecule has 5 rings (SSSR count). The zero-order valence-electron chi connectivity index (χ0n) is 28.8. The number of anilines is 1. The number of rotatable bonds is 13. The molecule has 15 heteroatoms. The number of carboxylic acid groups (broad SMARTS) is 1. The van der Waals surface area contributed by atoms with Crippen molar-refractivity contribution < 1.29 is 37.5 Å². The molecule has 51 heavy (non-hydrogen) atoms. The van der Waals surface area contributed by atoms with Crippen LogP contribution in [-0.4, -0.2) is 80.5 Å². The number of hydrogen-bond acceptors (Lipinski definition) is 10. The molecule has 3 unspecified atom stereocenters. The van der Waals surface area contributed by atoms with Gasteiger partial charge in [-0.2, -0.15) is 0 Å². The van der Waals surface area contributed by atoms with E-state index in [9.17, 15) is 28.4 Å². The number of aromatic nitrogens is 1. The fraction of sp³-hybridized carbons (Fsp3) is 0.361. The zero-order valence-corrected chi connectivity index (χ0v) is 31.5. The number of nitro benzene ring substituents is 1. The predicted molar refractivity (Wildman–Crippen MR) is 193 cm³/mol. The van der Waals surface area contributed by atoms with E-state index in [2.05, 4.69) is 4.98 Å². The molecule has 3 aromatic carbocycles. The van der Waals surface area contributed by atoms with Gasteiger partial charge in [-0.15, -0.1) is 0 Å². The maximum atomic E-state index is 15.0. The summed E-state index contributed by atoms with van der Waals surface area (Å²) < 4.78 is 39.2. The first kappa shape index (κ1) is 37.6. The summed E-state index contributed by atoms with van der Waals surface area (Å²) in [5.74, 6) is -1.59. The molecule has 3 N–H and O–H groups in total. The molecule has 4 aromatic rings. The second-order valence-corrected chi connectivity index (χ2v) is 17.9. The molecule has 3 atom stereocenters. The van der Waals surface area contributed by atoms with Gasteiger partial charge in [0.1, 0.15) is 0 Å². The Morgan fingerprint density at radius 3 is 2.47 bits per heavy atom. The van der Waals surface area contributed by atoms with Crippen LogP contribution in [-0.2, 0) is 19.4 Å². The summed E-state index contributed by atoms with van der Waals surface area (Å²) in [6.07, 6.45) is 1.47. The van der Waals surface area contributed by atoms with Gasteiger partial charge in [0, 0.05) is 0 Å². The number of nitrogens with zero attached hydrogens (tertiary/aromatic N) is 3. The average molecular weight is 780 g/mol.